The highest BCUT2D eigenvalue weighted by Gasteiger charge is 2.21. The second-order valence-corrected chi connectivity index (χ2v) is 9.92. The molecule has 4 aromatic rings. The van der Waals surface area contributed by atoms with E-state index in [9.17, 15) is 4.79 Å². The van der Waals surface area contributed by atoms with Gasteiger partial charge in [-0.05, 0) is 42.0 Å². The standard InChI is InChI=1S/C27H23Cl4N3O3.ClH.H2O/c1-36-25-5-3-2-4-24(25)32-27(35)15-34-11-10-33(17-34)14-26(21-9-8-20(29)13-23(21)31)37-16-18-6-7-19(28)12-22(18)30;;/h2-13,17,26H,14-16H2,1H3;1H;1H2. The maximum atomic E-state index is 12.6. The van der Waals surface area contributed by atoms with Crippen molar-refractivity contribution < 1.29 is 36.7 Å². The average molecular weight is 634 g/mol. The van der Waals surface area contributed by atoms with E-state index in [4.69, 9.17) is 55.9 Å². The molecule has 1 heterocycles. The van der Waals surface area contributed by atoms with Gasteiger partial charge in [0.15, 0.2) is 6.54 Å². The molecule has 0 aliphatic rings. The van der Waals surface area contributed by atoms with E-state index in [1.807, 2.05) is 47.6 Å². The number of imidazole rings is 1. The van der Waals surface area contributed by atoms with E-state index in [-0.39, 0.29) is 36.9 Å². The minimum atomic E-state index is -0.417. The molecule has 0 spiro atoms. The van der Waals surface area contributed by atoms with E-state index >= 15 is 0 Å². The fraction of sp³-hybridized carbons (Fsp3) is 0.185. The first-order valence-corrected chi connectivity index (χ1v) is 12.8. The Morgan fingerprint density at radius 2 is 1.69 bits per heavy atom. The van der Waals surface area contributed by atoms with E-state index in [1.165, 1.54) is 0 Å². The number of nitrogens with one attached hydrogen (secondary N) is 1. The summed E-state index contributed by atoms with van der Waals surface area (Å²) in [6.45, 7) is 0.814. The lowest BCUT2D eigenvalue weighted by molar-refractivity contribution is -0.704. The predicted molar refractivity (Wildman–Crippen MR) is 150 cm³/mol. The smallest absolute Gasteiger partial charge is 0.266 e. The normalized spacial score (nSPS) is 11.2. The molecular formula is C27H26Cl5N3O4. The Bertz CT molecular complexity index is 1400. The molecule has 4 rings (SSSR count). The van der Waals surface area contributed by atoms with Crippen LogP contribution in [0.4, 0.5) is 5.69 Å². The molecule has 3 aromatic carbocycles. The molecular weight excluding hydrogens is 608 g/mol. The lowest BCUT2D eigenvalue weighted by Gasteiger charge is -2.19. The number of carbonyl (C=O) groups excluding carboxylic acids is 1. The zero-order chi connectivity index (χ0) is 26.4. The maximum absolute atomic E-state index is 12.6. The van der Waals surface area contributed by atoms with E-state index < -0.39 is 6.10 Å². The monoisotopic (exact) mass is 631 g/mol. The number of amides is 1. The lowest BCUT2D eigenvalue weighted by Crippen LogP contribution is -3.00. The van der Waals surface area contributed by atoms with Crippen LogP contribution >= 0.6 is 46.4 Å². The molecule has 0 fully saturated rings. The van der Waals surface area contributed by atoms with Crippen molar-refractivity contribution >= 4 is 58.0 Å². The Balaban J connectivity index is 0.00000267. The van der Waals surface area contributed by atoms with Crippen LogP contribution in [0.25, 0.3) is 0 Å². The summed E-state index contributed by atoms with van der Waals surface area (Å²) in [5.74, 6) is 0.414. The first kappa shape index (κ1) is 32.7. The van der Waals surface area contributed by atoms with Gasteiger partial charge in [0, 0.05) is 25.7 Å². The van der Waals surface area contributed by atoms with Crippen LogP contribution in [0.3, 0.4) is 0 Å². The quantitative estimate of drug-likeness (QED) is 0.272. The largest absolute Gasteiger partial charge is 1.00 e. The number of methoxy groups -OCH3 is 1. The number of hydrogen-bond acceptors (Lipinski definition) is 3. The Labute approximate surface area is 252 Å². The minimum Gasteiger partial charge on any atom is -1.00 e. The Hall–Kier alpha value is -2.49. The molecule has 0 saturated heterocycles. The molecule has 39 heavy (non-hydrogen) atoms. The first-order chi connectivity index (χ1) is 17.8. The predicted octanol–water partition coefficient (Wildman–Crippen LogP) is 3.17. The Morgan fingerprint density at radius 1 is 1.00 bits per heavy atom. The first-order valence-electron chi connectivity index (χ1n) is 11.3. The van der Waals surface area contributed by atoms with Crippen LogP contribution in [-0.4, -0.2) is 23.1 Å². The Morgan fingerprint density at radius 3 is 2.38 bits per heavy atom. The number of hydrogen-bond donors (Lipinski definition) is 1. The molecule has 12 heteroatoms. The third-order valence-electron chi connectivity index (χ3n) is 5.59. The highest BCUT2D eigenvalue weighted by molar-refractivity contribution is 6.35. The molecule has 0 bridgehead atoms. The van der Waals surface area contributed by atoms with Gasteiger partial charge in [-0.15, -0.1) is 0 Å². The maximum Gasteiger partial charge on any atom is 0.266 e. The number of nitrogens with zero attached hydrogens (tertiary/aromatic N) is 2. The highest BCUT2D eigenvalue weighted by Crippen LogP contribution is 2.31. The van der Waals surface area contributed by atoms with E-state index in [0.29, 0.717) is 38.1 Å². The van der Waals surface area contributed by atoms with Crippen molar-refractivity contribution in [2.24, 2.45) is 0 Å². The topological polar surface area (TPSA) is 87.9 Å². The SMILES string of the molecule is COc1ccccc1NC(=O)Cn1cc[n+](CC(OCc2ccc(Cl)cc2Cl)c2ccc(Cl)cc2Cl)c1.O.[Cl-]. The van der Waals surface area contributed by atoms with Crippen LogP contribution in [0.1, 0.15) is 17.2 Å². The van der Waals surface area contributed by atoms with Crippen LogP contribution in [-0.2, 0) is 29.2 Å². The number of anilines is 1. The van der Waals surface area contributed by atoms with Crippen LogP contribution in [0, 0.1) is 0 Å². The fourth-order valence-corrected chi connectivity index (χ4v) is 4.76. The van der Waals surface area contributed by atoms with E-state index in [2.05, 4.69) is 5.32 Å². The van der Waals surface area contributed by atoms with Gasteiger partial charge in [-0.25, -0.2) is 9.13 Å². The van der Waals surface area contributed by atoms with Gasteiger partial charge in [-0.2, -0.15) is 0 Å². The van der Waals surface area contributed by atoms with Gasteiger partial charge in [0.05, 0.1) is 19.4 Å². The second kappa shape index (κ2) is 15.3. The number of para-hydroxylation sites is 2. The van der Waals surface area contributed by atoms with Gasteiger partial charge in [-0.1, -0.05) is 70.7 Å². The van der Waals surface area contributed by atoms with Crippen molar-refractivity contribution in [1.82, 2.24) is 4.57 Å². The average Bonchev–Trinajstić information content (AvgIpc) is 3.29. The summed E-state index contributed by atoms with van der Waals surface area (Å²) in [4.78, 5) is 12.6. The van der Waals surface area contributed by atoms with Crippen LogP contribution in [0.5, 0.6) is 5.75 Å². The summed E-state index contributed by atoms with van der Waals surface area (Å²) < 4.78 is 15.3. The van der Waals surface area contributed by atoms with Gasteiger partial charge < -0.3 is 32.7 Å². The number of benzene rings is 3. The Kier molecular flexibility index (Phi) is 12.9. The molecule has 0 aliphatic carbocycles. The van der Waals surface area contributed by atoms with E-state index in [1.54, 1.807) is 48.1 Å². The summed E-state index contributed by atoms with van der Waals surface area (Å²) in [6, 6.07) is 17.8. The minimum absolute atomic E-state index is 0. The van der Waals surface area contributed by atoms with Crippen LogP contribution in [0.2, 0.25) is 20.1 Å². The van der Waals surface area contributed by atoms with E-state index in [0.717, 1.165) is 11.1 Å². The summed E-state index contributed by atoms with van der Waals surface area (Å²) in [7, 11) is 1.56. The summed E-state index contributed by atoms with van der Waals surface area (Å²) in [5.41, 5.74) is 2.20. The molecule has 3 N–H and O–H groups in total. The third-order valence-corrected chi connectivity index (χ3v) is 6.74. The van der Waals surface area contributed by atoms with Crippen molar-refractivity contribution in [3.8, 4) is 5.75 Å². The molecule has 1 atom stereocenters. The number of aromatic nitrogens is 2. The van der Waals surface area contributed by atoms with Crippen molar-refractivity contribution in [3.63, 3.8) is 0 Å². The summed E-state index contributed by atoms with van der Waals surface area (Å²) in [6.07, 6.45) is 5.10. The van der Waals surface area contributed by atoms with Crippen LogP contribution in [0.15, 0.2) is 79.4 Å². The van der Waals surface area contributed by atoms with Crippen molar-refractivity contribution in [2.45, 2.75) is 25.8 Å². The zero-order valence-corrected chi connectivity index (χ0v) is 24.5. The lowest BCUT2D eigenvalue weighted by atomic mass is 10.1. The highest BCUT2D eigenvalue weighted by atomic mass is 35.5. The zero-order valence-electron chi connectivity index (χ0n) is 20.7. The summed E-state index contributed by atoms with van der Waals surface area (Å²) >= 11 is 25.0. The van der Waals surface area contributed by atoms with Crippen molar-refractivity contribution in [2.75, 3.05) is 12.4 Å². The van der Waals surface area contributed by atoms with Crippen LogP contribution < -0.4 is 27.0 Å². The third kappa shape index (κ3) is 9.01. The summed E-state index contributed by atoms with van der Waals surface area (Å²) in [5, 5.41) is 4.98. The van der Waals surface area contributed by atoms with Gasteiger partial charge in [0.1, 0.15) is 30.8 Å². The van der Waals surface area contributed by atoms with Gasteiger partial charge >= 0.3 is 0 Å². The van der Waals surface area contributed by atoms with Gasteiger partial charge in [0.25, 0.3) is 5.91 Å². The molecule has 1 unspecified atom stereocenters. The molecule has 1 aromatic heterocycles. The van der Waals surface area contributed by atoms with Gasteiger partial charge in [0.2, 0.25) is 6.33 Å². The second-order valence-electron chi connectivity index (χ2n) is 8.23. The number of rotatable bonds is 10. The van der Waals surface area contributed by atoms with Crippen molar-refractivity contribution in [1.29, 1.82) is 0 Å². The van der Waals surface area contributed by atoms with Gasteiger partial charge in [-0.3, -0.25) is 4.79 Å². The van der Waals surface area contributed by atoms with Crippen molar-refractivity contribution in [3.05, 3.63) is 111 Å². The molecule has 1 amide bonds. The number of ether oxygens (including phenoxy) is 2. The molecule has 0 radical (unpaired) electrons. The molecule has 208 valence electrons. The number of carbonyl (C=O) groups is 1. The molecule has 0 saturated carbocycles. The number of halogens is 5. The molecule has 0 aliphatic heterocycles. The fourth-order valence-electron chi connectivity index (χ4n) is 3.77. The molecule has 7 nitrogen and oxygen atoms in total.